The second-order valence-corrected chi connectivity index (χ2v) is 5.47. The van der Waals surface area contributed by atoms with Crippen LogP contribution in [-0.4, -0.2) is 4.98 Å². The molecule has 3 heteroatoms. The first-order chi connectivity index (χ1) is 8.34. The van der Waals surface area contributed by atoms with Crippen molar-refractivity contribution in [3.63, 3.8) is 0 Å². The third-order valence-electron chi connectivity index (χ3n) is 3.53. The minimum atomic E-state index is -0.330. The van der Waals surface area contributed by atoms with Gasteiger partial charge in [-0.05, 0) is 24.0 Å². The molecule has 0 radical (unpaired) electrons. The van der Waals surface area contributed by atoms with Gasteiger partial charge in [-0.15, -0.1) is 11.3 Å². The first kappa shape index (κ1) is 10.5. The van der Waals surface area contributed by atoms with Crippen LogP contribution in [0.5, 0.6) is 0 Å². The van der Waals surface area contributed by atoms with Crippen LogP contribution in [0.15, 0.2) is 36.0 Å². The van der Waals surface area contributed by atoms with E-state index in [1.54, 1.807) is 11.3 Å². The third kappa shape index (κ3) is 1.65. The van der Waals surface area contributed by atoms with Crippen molar-refractivity contribution < 1.29 is 0 Å². The van der Waals surface area contributed by atoms with Crippen LogP contribution in [-0.2, 0) is 18.3 Å². The number of benzene rings is 1. The highest BCUT2D eigenvalue weighted by Crippen LogP contribution is 2.41. The molecule has 0 N–H and O–H groups in total. The summed E-state index contributed by atoms with van der Waals surface area (Å²) in [5.41, 5.74) is 4.05. The number of aromatic nitrogens is 1. The highest BCUT2D eigenvalue weighted by molar-refractivity contribution is 7.09. The van der Waals surface area contributed by atoms with E-state index in [0.29, 0.717) is 0 Å². The Labute approximate surface area is 105 Å². The summed E-state index contributed by atoms with van der Waals surface area (Å²) in [7, 11) is 0. The molecule has 84 valence electrons. The van der Waals surface area contributed by atoms with Gasteiger partial charge < -0.3 is 0 Å². The van der Waals surface area contributed by atoms with Gasteiger partial charge in [0.2, 0.25) is 0 Å². The lowest BCUT2D eigenvalue weighted by atomic mass is 9.80. The molecule has 1 aliphatic carbocycles. The van der Waals surface area contributed by atoms with Crippen LogP contribution < -0.4 is 0 Å². The Kier molecular flexibility index (Phi) is 2.45. The molecule has 3 rings (SSSR count). The van der Waals surface area contributed by atoms with Gasteiger partial charge in [-0.25, -0.2) is 0 Å². The summed E-state index contributed by atoms with van der Waals surface area (Å²) < 4.78 is 0. The van der Waals surface area contributed by atoms with Gasteiger partial charge in [-0.1, -0.05) is 24.3 Å². The third-order valence-corrected chi connectivity index (χ3v) is 4.31. The number of hydrogen-bond acceptors (Lipinski definition) is 3. The molecular formula is C14H12N2S. The van der Waals surface area contributed by atoms with Crippen molar-refractivity contribution >= 4 is 11.3 Å². The lowest BCUT2D eigenvalue weighted by molar-refractivity contribution is 0.545. The Bertz CT molecular complexity index is 568. The van der Waals surface area contributed by atoms with Crippen molar-refractivity contribution in [3.05, 3.63) is 52.0 Å². The highest BCUT2D eigenvalue weighted by atomic mass is 32.1. The number of aryl methyl sites for hydroxylation is 1. The lowest BCUT2D eigenvalue weighted by Crippen LogP contribution is -2.23. The van der Waals surface area contributed by atoms with Gasteiger partial charge in [0.25, 0.3) is 0 Å². The number of fused-ring (bicyclic) bond motifs is 1. The van der Waals surface area contributed by atoms with E-state index in [1.165, 1.54) is 16.0 Å². The highest BCUT2D eigenvalue weighted by Gasteiger charge is 2.39. The Morgan fingerprint density at radius 2 is 2.29 bits per heavy atom. The van der Waals surface area contributed by atoms with E-state index in [2.05, 4.69) is 29.3 Å². The molecule has 17 heavy (non-hydrogen) atoms. The molecule has 2 aromatic rings. The van der Waals surface area contributed by atoms with Crippen LogP contribution in [0, 0.1) is 11.3 Å². The first-order valence-corrected chi connectivity index (χ1v) is 6.59. The molecule has 0 saturated heterocycles. The number of hydrogen-bond donors (Lipinski definition) is 0. The summed E-state index contributed by atoms with van der Waals surface area (Å²) in [5, 5.41) is 9.60. The first-order valence-electron chi connectivity index (χ1n) is 5.71. The van der Waals surface area contributed by atoms with Crippen LogP contribution in [0.3, 0.4) is 0 Å². The number of thiazole rings is 1. The molecule has 0 aliphatic heterocycles. The van der Waals surface area contributed by atoms with Crippen molar-refractivity contribution in [3.8, 4) is 6.07 Å². The summed E-state index contributed by atoms with van der Waals surface area (Å²) in [4.78, 5) is 5.29. The average molecular weight is 240 g/mol. The van der Waals surface area contributed by atoms with Gasteiger partial charge in [-0.3, -0.25) is 4.98 Å². The van der Waals surface area contributed by atoms with Crippen molar-refractivity contribution in [1.82, 2.24) is 4.98 Å². The fourth-order valence-corrected chi connectivity index (χ4v) is 3.36. The summed E-state index contributed by atoms with van der Waals surface area (Å²) >= 11 is 1.64. The van der Waals surface area contributed by atoms with Gasteiger partial charge in [0.15, 0.2) is 0 Å². The summed E-state index contributed by atoms with van der Waals surface area (Å²) in [6.45, 7) is 0. The minimum Gasteiger partial charge on any atom is -0.253 e. The van der Waals surface area contributed by atoms with Crippen LogP contribution in [0.2, 0.25) is 0 Å². The Morgan fingerprint density at radius 3 is 3.06 bits per heavy atom. The van der Waals surface area contributed by atoms with Gasteiger partial charge in [-0.2, -0.15) is 5.26 Å². The Morgan fingerprint density at radius 1 is 1.41 bits per heavy atom. The monoisotopic (exact) mass is 240 g/mol. The van der Waals surface area contributed by atoms with Crippen molar-refractivity contribution in [2.24, 2.45) is 0 Å². The molecule has 1 aromatic heterocycles. The fourth-order valence-electron chi connectivity index (χ4n) is 2.65. The maximum absolute atomic E-state index is 9.60. The van der Waals surface area contributed by atoms with Crippen molar-refractivity contribution in [2.75, 3.05) is 0 Å². The summed E-state index contributed by atoms with van der Waals surface area (Å²) in [6, 6.07) is 10.9. The van der Waals surface area contributed by atoms with Crippen LogP contribution in [0.4, 0.5) is 0 Å². The van der Waals surface area contributed by atoms with E-state index in [0.717, 1.165) is 19.3 Å². The fraction of sp³-hybridized carbons (Fsp3) is 0.286. The van der Waals surface area contributed by atoms with Crippen molar-refractivity contribution in [1.29, 1.82) is 5.26 Å². The zero-order chi connectivity index (χ0) is 11.7. The van der Waals surface area contributed by atoms with E-state index in [1.807, 2.05) is 17.8 Å². The molecule has 1 heterocycles. The predicted octanol–water partition coefficient (Wildman–Crippen LogP) is 3.09. The van der Waals surface area contributed by atoms with Crippen LogP contribution in [0.1, 0.15) is 22.4 Å². The van der Waals surface area contributed by atoms with E-state index < -0.39 is 0 Å². The Hall–Kier alpha value is -1.66. The normalized spacial score (nSPS) is 22.1. The Balaban J connectivity index is 2.03. The molecule has 0 saturated carbocycles. The molecule has 0 spiro atoms. The van der Waals surface area contributed by atoms with Crippen molar-refractivity contribution in [2.45, 2.75) is 24.7 Å². The molecule has 0 fully saturated rings. The van der Waals surface area contributed by atoms with E-state index in [-0.39, 0.29) is 5.41 Å². The molecule has 1 aromatic carbocycles. The van der Waals surface area contributed by atoms with Gasteiger partial charge >= 0.3 is 0 Å². The zero-order valence-electron chi connectivity index (χ0n) is 9.39. The minimum absolute atomic E-state index is 0.330. The molecule has 0 amide bonds. The SMILES string of the molecule is N#CC1(Cc2cncs2)CCc2ccccc21. The lowest BCUT2D eigenvalue weighted by Gasteiger charge is -2.21. The summed E-state index contributed by atoms with van der Waals surface area (Å²) in [6.07, 6.45) is 4.62. The number of rotatable bonds is 2. The predicted molar refractivity (Wildman–Crippen MR) is 67.9 cm³/mol. The second kappa shape index (κ2) is 3.97. The topological polar surface area (TPSA) is 36.7 Å². The second-order valence-electron chi connectivity index (χ2n) is 4.50. The molecule has 1 atom stereocenters. The standard InChI is InChI=1S/C14H12N2S/c15-9-14(7-12-8-16-10-17-12)6-5-11-3-1-2-4-13(11)14/h1-4,8,10H,5-7H2. The van der Waals surface area contributed by atoms with Crippen LogP contribution in [0.25, 0.3) is 0 Å². The van der Waals surface area contributed by atoms with E-state index >= 15 is 0 Å². The molecular weight excluding hydrogens is 228 g/mol. The zero-order valence-corrected chi connectivity index (χ0v) is 10.2. The molecule has 2 nitrogen and oxygen atoms in total. The van der Waals surface area contributed by atoms with Crippen LogP contribution >= 0.6 is 11.3 Å². The molecule has 1 unspecified atom stereocenters. The molecule has 0 bridgehead atoms. The number of nitriles is 1. The molecule has 1 aliphatic rings. The number of nitrogens with zero attached hydrogens (tertiary/aromatic N) is 2. The van der Waals surface area contributed by atoms with Gasteiger partial charge in [0.1, 0.15) is 0 Å². The summed E-state index contributed by atoms with van der Waals surface area (Å²) in [5.74, 6) is 0. The quantitative estimate of drug-likeness (QED) is 0.808. The van der Waals surface area contributed by atoms with E-state index in [4.69, 9.17) is 0 Å². The van der Waals surface area contributed by atoms with Gasteiger partial charge in [0.05, 0.1) is 17.0 Å². The maximum atomic E-state index is 9.60. The van der Waals surface area contributed by atoms with E-state index in [9.17, 15) is 5.26 Å². The smallest absolute Gasteiger partial charge is 0.0876 e. The maximum Gasteiger partial charge on any atom is 0.0876 e. The average Bonchev–Trinajstić information content (AvgIpc) is 2.99. The largest absolute Gasteiger partial charge is 0.253 e. The van der Waals surface area contributed by atoms with Gasteiger partial charge in [0, 0.05) is 17.5 Å².